The van der Waals surface area contributed by atoms with Gasteiger partial charge in [0.05, 0.1) is 0 Å². The highest BCUT2D eigenvalue weighted by molar-refractivity contribution is 5.66. The van der Waals surface area contributed by atoms with E-state index in [0.29, 0.717) is 41.4 Å². The third-order valence-electron chi connectivity index (χ3n) is 10.2. The predicted octanol–water partition coefficient (Wildman–Crippen LogP) is 6.78. The summed E-state index contributed by atoms with van der Waals surface area (Å²) in [5.41, 5.74) is 0.430. The fraction of sp³-hybridized carbons (Fsp3) is 0.958. The molecule has 4 rings (SSSR count). The van der Waals surface area contributed by atoms with Gasteiger partial charge in [0.1, 0.15) is 0 Å². The first kappa shape index (κ1) is 20.6. The zero-order chi connectivity index (χ0) is 20.3. The molecule has 2 nitrogen and oxygen atoms in total. The molecule has 4 fully saturated rings. The largest absolute Gasteiger partial charge is 0.481 e. The van der Waals surface area contributed by atoms with Crippen LogP contribution in [0.5, 0.6) is 0 Å². The van der Waals surface area contributed by atoms with Crippen molar-refractivity contribution in [3.05, 3.63) is 0 Å². The van der Waals surface area contributed by atoms with Crippen molar-refractivity contribution >= 4 is 5.97 Å². The van der Waals surface area contributed by atoms with Crippen LogP contribution in [0.1, 0.15) is 91.4 Å². The van der Waals surface area contributed by atoms with Gasteiger partial charge in [-0.2, -0.15) is 0 Å². The third-order valence-corrected chi connectivity index (χ3v) is 10.2. The fourth-order valence-electron chi connectivity index (χ4n) is 8.70. The minimum absolute atomic E-state index is 0.0833. The molecule has 0 aromatic heterocycles. The molecule has 0 bridgehead atoms. The average Bonchev–Trinajstić information content (AvgIpc) is 2.97. The molecule has 8 atom stereocenters. The number of halogens is 2. The van der Waals surface area contributed by atoms with Gasteiger partial charge in [-0.1, -0.05) is 20.8 Å². The normalized spacial score (nSPS) is 48.2. The quantitative estimate of drug-likeness (QED) is 0.568. The van der Waals surface area contributed by atoms with Gasteiger partial charge in [0.25, 0.3) is 0 Å². The number of alkyl halides is 2. The molecule has 28 heavy (non-hydrogen) atoms. The van der Waals surface area contributed by atoms with Crippen LogP contribution < -0.4 is 0 Å². The van der Waals surface area contributed by atoms with Crippen LogP contribution in [0.2, 0.25) is 0 Å². The van der Waals surface area contributed by atoms with Crippen molar-refractivity contribution in [1.82, 2.24) is 0 Å². The minimum atomic E-state index is -2.45. The van der Waals surface area contributed by atoms with Gasteiger partial charge in [0.2, 0.25) is 5.92 Å². The minimum Gasteiger partial charge on any atom is -0.481 e. The molecule has 0 amide bonds. The Hall–Kier alpha value is -0.670. The number of fused-ring (bicyclic) bond motifs is 5. The van der Waals surface area contributed by atoms with E-state index < -0.39 is 11.9 Å². The van der Waals surface area contributed by atoms with Gasteiger partial charge in [-0.3, -0.25) is 4.79 Å². The molecule has 0 aliphatic heterocycles. The van der Waals surface area contributed by atoms with E-state index in [1.165, 1.54) is 25.7 Å². The summed E-state index contributed by atoms with van der Waals surface area (Å²) in [6, 6.07) is 0. The molecule has 4 aliphatic rings. The highest BCUT2D eigenvalue weighted by Crippen LogP contribution is 2.69. The molecule has 0 aromatic rings. The van der Waals surface area contributed by atoms with Crippen molar-refractivity contribution in [2.75, 3.05) is 0 Å². The highest BCUT2D eigenvalue weighted by Gasteiger charge is 2.62. The Bertz CT molecular complexity index is 620. The first-order chi connectivity index (χ1) is 13.1. The van der Waals surface area contributed by atoms with Crippen LogP contribution in [0.25, 0.3) is 0 Å². The second-order valence-corrected chi connectivity index (χ2v) is 11.4. The van der Waals surface area contributed by atoms with E-state index in [-0.39, 0.29) is 30.6 Å². The zero-order valence-electron chi connectivity index (χ0n) is 17.9. The molecule has 2 unspecified atom stereocenters. The topological polar surface area (TPSA) is 37.3 Å². The number of carbonyl (C=O) groups is 1. The molecule has 1 N–H and O–H groups in total. The van der Waals surface area contributed by atoms with Crippen molar-refractivity contribution < 1.29 is 18.7 Å². The molecule has 4 aliphatic carbocycles. The highest BCUT2D eigenvalue weighted by atomic mass is 19.3. The molecular formula is C24H38F2O2. The van der Waals surface area contributed by atoms with E-state index in [2.05, 4.69) is 20.8 Å². The lowest BCUT2D eigenvalue weighted by Gasteiger charge is -2.61. The van der Waals surface area contributed by atoms with Crippen molar-refractivity contribution in [3.8, 4) is 0 Å². The Balaban J connectivity index is 1.51. The fourth-order valence-corrected chi connectivity index (χ4v) is 8.70. The van der Waals surface area contributed by atoms with E-state index in [4.69, 9.17) is 5.11 Å². The van der Waals surface area contributed by atoms with Crippen LogP contribution >= 0.6 is 0 Å². The lowest BCUT2D eigenvalue weighted by molar-refractivity contribution is -0.164. The van der Waals surface area contributed by atoms with Crippen LogP contribution in [0.15, 0.2) is 0 Å². The average molecular weight is 397 g/mol. The van der Waals surface area contributed by atoms with Crippen molar-refractivity contribution in [3.63, 3.8) is 0 Å². The Morgan fingerprint density at radius 1 is 1.00 bits per heavy atom. The molecule has 0 heterocycles. The first-order valence-corrected chi connectivity index (χ1v) is 11.7. The second-order valence-electron chi connectivity index (χ2n) is 11.4. The summed E-state index contributed by atoms with van der Waals surface area (Å²) in [4.78, 5) is 11.0. The predicted molar refractivity (Wildman–Crippen MR) is 106 cm³/mol. The van der Waals surface area contributed by atoms with Gasteiger partial charge in [-0.25, -0.2) is 8.78 Å². The van der Waals surface area contributed by atoms with Gasteiger partial charge < -0.3 is 5.11 Å². The second kappa shape index (κ2) is 6.94. The van der Waals surface area contributed by atoms with Crippen molar-refractivity contribution in [2.45, 2.75) is 97.3 Å². The summed E-state index contributed by atoms with van der Waals surface area (Å²) in [6.07, 6.45) is 8.97. The summed E-state index contributed by atoms with van der Waals surface area (Å²) >= 11 is 0. The number of aliphatic carboxylic acids is 1. The summed E-state index contributed by atoms with van der Waals surface area (Å²) in [6.45, 7) is 7.08. The third kappa shape index (κ3) is 3.21. The lowest BCUT2D eigenvalue weighted by atomic mass is 9.44. The van der Waals surface area contributed by atoms with Crippen LogP contribution in [-0.4, -0.2) is 17.0 Å². The number of carboxylic acids is 1. The van der Waals surface area contributed by atoms with E-state index >= 15 is 0 Å². The molecule has 0 radical (unpaired) electrons. The summed E-state index contributed by atoms with van der Waals surface area (Å²) in [5, 5.41) is 9.08. The van der Waals surface area contributed by atoms with Crippen LogP contribution in [0.4, 0.5) is 8.78 Å². The first-order valence-electron chi connectivity index (χ1n) is 11.7. The van der Waals surface area contributed by atoms with Crippen LogP contribution in [0.3, 0.4) is 0 Å². The van der Waals surface area contributed by atoms with E-state index in [1.807, 2.05) is 0 Å². The standard InChI is InChI=1S/C24H38F2O2/c1-15(4-9-21(27)28)18-7-8-19-17-6-5-16-14-24(25,26)13-12-22(16,2)20(17)10-11-23(18,19)3/h15-20H,4-14H2,1-3H3,(H,27,28)/t15?,16?,17-,18+,19-,20-,22-,23+/m0/s1. The molecule has 4 heteroatoms. The van der Waals surface area contributed by atoms with E-state index in [9.17, 15) is 13.6 Å². The number of hydrogen-bond donors (Lipinski definition) is 1. The molecule has 4 saturated carbocycles. The van der Waals surface area contributed by atoms with Gasteiger partial charge >= 0.3 is 5.97 Å². The summed E-state index contributed by atoms with van der Waals surface area (Å²) in [5.74, 6) is 0.185. The maximum atomic E-state index is 14.1. The van der Waals surface area contributed by atoms with Gasteiger partial charge in [0, 0.05) is 19.3 Å². The smallest absolute Gasteiger partial charge is 0.303 e. The maximum absolute atomic E-state index is 14.1. The number of rotatable bonds is 4. The Morgan fingerprint density at radius 2 is 1.71 bits per heavy atom. The Labute approximate surface area is 168 Å². The maximum Gasteiger partial charge on any atom is 0.303 e. The van der Waals surface area contributed by atoms with Gasteiger partial charge in [0.15, 0.2) is 0 Å². The molecule has 0 saturated heterocycles. The molecule has 0 aromatic carbocycles. The Kier molecular flexibility index (Phi) is 5.11. The summed E-state index contributed by atoms with van der Waals surface area (Å²) in [7, 11) is 0. The number of carboxylic acid groups (broad SMARTS) is 1. The molecular weight excluding hydrogens is 358 g/mol. The van der Waals surface area contributed by atoms with Crippen LogP contribution in [-0.2, 0) is 4.79 Å². The Morgan fingerprint density at radius 3 is 2.43 bits per heavy atom. The van der Waals surface area contributed by atoms with E-state index in [0.717, 1.165) is 19.3 Å². The lowest BCUT2D eigenvalue weighted by Crippen LogP contribution is -2.55. The van der Waals surface area contributed by atoms with Crippen molar-refractivity contribution in [2.24, 2.45) is 46.3 Å². The molecule has 0 spiro atoms. The molecule has 160 valence electrons. The number of hydrogen-bond acceptors (Lipinski definition) is 1. The van der Waals surface area contributed by atoms with Gasteiger partial charge in [-0.15, -0.1) is 0 Å². The summed E-state index contributed by atoms with van der Waals surface area (Å²) < 4.78 is 28.1. The zero-order valence-corrected chi connectivity index (χ0v) is 17.9. The SMILES string of the molecule is CC(CCC(=O)O)[C@H]1CC[C@H]2[C@@H]3CCC4CC(F)(F)CC[C@]4(C)[C@H]3CC[C@]12C. The monoisotopic (exact) mass is 396 g/mol. The van der Waals surface area contributed by atoms with Crippen molar-refractivity contribution in [1.29, 1.82) is 0 Å². The van der Waals surface area contributed by atoms with Crippen LogP contribution in [0, 0.1) is 46.3 Å². The van der Waals surface area contributed by atoms with Gasteiger partial charge in [-0.05, 0) is 97.7 Å². The van der Waals surface area contributed by atoms with E-state index in [1.54, 1.807) is 0 Å².